The van der Waals surface area contributed by atoms with Gasteiger partial charge >= 0.3 is 6.18 Å². The number of rotatable bonds is 3. The number of pyridine rings is 1. The van der Waals surface area contributed by atoms with Gasteiger partial charge in [-0.2, -0.15) is 13.2 Å². The van der Waals surface area contributed by atoms with E-state index >= 15 is 0 Å². The van der Waals surface area contributed by atoms with E-state index in [1.54, 1.807) is 10.8 Å². The molecule has 0 bridgehead atoms. The fourth-order valence-corrected chi connectivity index (χ4v) is 4.06. The molecule has 2 saturated heterocycles. The lowest BCUT2D eigenvalue weighted by Crippen LogP contribution is -2.43. The Balaban J connectivity index is 1.66. The number of halogens is 3. The van der Waals surface area contributed by atoms with Crippen LogP contribution in [0.1, 0.15) is 25.3 Å². The molecule has 1 atom stereocenters. The molecule has 0 aliphatic carbocycles. The van der Waals surface area contributed by atoms with Crippen LogP contribution in [0.2, 0.25) is 0 Å². The molecule has 0 spiro atoms. The van der Waals surface area contributed by atoms with Crippen molar-refractivity contribution in [2.24, 2.45) is 5.92 Å². The van der Waals surface area contributed by atoms with E-state index in [0.29, 0.717) is 17.4 Å². The third kappa shape index (κ3) is 3.97. The number of hydrogen-bond donors (Lipinski definition) is 1. The molecule has 2 aromatic rings. The minimum absolute atomic E-state index is 0.472. The summed E-state index contributed by atoms with van der Waals surface area (Å²) in [6.07, 6.45) is 0.609. The van der Waals surface area contributed by atoms with Crippen molar-refractivity contribution >= 4 is 11.6 Å². The number of piperazine rings is 1. The van der Waals surface area contributed by atoms with Gasteiger partial charge in [-0.1, -0.05) is 6.92 Å². The van der Waals surface area contributed by atoms with Gasteiger partial charge in [-0.05, 0) is 37.0 Å². The summed E-state index contributed by atoms with van der Waals surface area (Å²) in [5, 5.41) is 3.30. The van der Waals surface area contributed by atoms with E-state index in [0.717, 1.165) is 57.9 Å². The van der Waals surface area contributed by atoms with Gasteiger partial charge in [-0.3, -0.25) is 0 Å². The fraction of sp³-hybridized carbons (Fsp3) is 0.550. The van der Waals surface area contributed by atoms with Crippen molar-refractivity contribution in [2.45, 2.75) is 25.9 Å². The van der Waals surface area contributed by atoms with Crippen LogP contribution in [0.3, 0.4) is 0 Å². The highest BCUT2D eigenvalue weighted by Crippen LogP contribution is 2.36. The molecule has 152 valence electrons. The van der Waals surface area contributed by atoms with Gasteiger partial charge in [0.05, 0.1) is 17.4 Å². The Morgan fingerprint density at radius 3 is 2.54 bits per heavy atom. The van der Waals surface area contributed by atoms with Crippen molar-refractivity contribution in [3.63, 3.8) is 0 Å². The Bertz CT molecular complexity index is 793. The van der Waals surface area contributed by atoms with Crippen LogP contribution in [0, 0.1) is 5.92 Å². The van der Waals surface area contributed by atoms with Gasteiger partial charge in [0.25, 0.3) is 0 Å². The van der Waals surface area contributed by atoms with Crippen molar-refractivity contribution in [3.05, 3.63) is 36.2 Å². The molecule has 8 heteroatoms. The normalized spacial score (nSPS) is 21.2. The molecule has 2 aliphatic heterocycles. The zero-order chi connectivity index (χ0) is 19.7. The lowest BCUT2D eigenvalue weighted by molar-refractivity contribution is -0.137. The van der Waals surface area contributed by atoms with E-state index in [9.17, 15) is 13.2 Å². The standard InChI is InChI=1S/C20H26F3N5/c1-15-3-2-8-27(13-15)19-11-16(20(21,22)23)14-28(19)17-4-5-18(25-12-17)26-9-6-24-7-10-26/h4-5,11-12,14-15,24H,2-3,6-10,13H2,1H3. The van der Waals surface area contributed by atoms with Gasteiger partial charge in [0.2, 0.25) is 0 Å². The van der Waals surface area contributed by atoms with Crippen LogP contribution in [0.15, 0.2) is 30.6 Å². The first-order valence-electron chi connectivity index (χ1n) is 9.88. The van der Waals surface area contributed by atoms with E-state index in [2.05, 4.69) is 27.0 Å². The number of hydrogen-bond acceptors (Lipinski definition) is 4. The first-order valence-corrected chi connectivity index (χ1v) is 9.88. The lowest BCUT2D eigenvalue weighted by atomic mass is 10.0. The van der Waals surface area contributed by atoms with Gasteiger partial charge in [0.15, 0.2) is 0 Å². The quantitative estimate of drug-likeness (QED) is 0.866. The summed E-state index contributed by atoms with van der Waals surface area (Å²) in [5.41, 5.74) is 0.0366. The summed E-state index contributed by atoms with van der Waals surface area (Å²) in [6.45, 7) is 7.27. The third-order valence-electron chi connectivity index (χ3n) is 5.56. The zero-order valence-corrected chi connectivity index (χ0v) is 16.0. The molecule has 2 aromatic heterocycles. The Kier molecular flexibility index (Phi) is 5.23. The van der Waals surface area contributed by atoms with Gasteiger partial charge in [-0.15, -0.1) is 0 Å². The van der Waals surface area contributed by atoms with Crippen molar-refractivity contribution in [1.29, 1.82) is 0 Å². The maximum Gasteiger partial charge on any atom is 0.417 e. The van der Waals surface area contributed by atoms with Crippen LogP contribution in [-0.4, -0.2) is 48.8 Å². The number of aromatic nitrogens is 2. The smallest absolute Gasteiger partial charge is 0.357 e. The minimum Gasteiger partial charge on any atom is -0.357 e. The molecule has 4 rings (SSSR count). The number of anilines is 2. The Hall–Kier alpha value is -2.22. The maximum atomic E-state index is 13.4. The maximum absolute atomic E-state index is 13.4. The summed E-state index contributed by atoms with van der Waals surface area (Å²) in [6, 6.07) is 5.03. The first-order chi connectivity index (χ1) is 13.4. The number of piperidine rings is 1. The highest BCUT2D eigenvalue weighted by atomic mass is 19.4. The average molecular weight is 393 g/mol. The lowest BCUT2D eigenvalue weighted by Gasteiger charge is -2.33. The molecule has 0 amide bonds. The van der Waals surface area contributed by atoms with E-state index < -0.39 is 11.7 Å². The monoisotopic (exact) mass is 393 g/mol. The molecule has 5 nitrogen and oxygen atoms in total. The number of nitrogens with one attached hydrogen (secondary N) is 1. The summed E-state index contributed by atoms with van der Waals surface area (Å²) in [5.74, 6) is 1.93. The van der Waals surface area contributed by atoms with Crippen molar-refractivity contribution in [3.8, 4) is 5.69 Å². The molecule has 2 fully saturated rings. The first kappa shape index (κ1) is 19.1. The summed E-state index contributed by atoms with van der Waals surface area (Å²) >= 11 is 0. The van der Waals surface area contributed by atoms with E-state index in [4.69, 9.17) is 0 Å². The third-order valence-corrected chi connectivity index (χ3v) is 5.56. The van der Waals surface area contributed by atoms with Crippen LogP contribution < -0.4 is 15.1 Å². The highest BCUT2D eigenvalue weighted by molar-refractivity contribution is 5.54. The topological polar surface area (TPSA) is 36.3 Å². The van der Waals surface area contributed by atoms with E-state index in [-0.39, 0.29) is 0 Å². The summed E-state index contributed by atoms with van der Waals surface area (Å²) < 4.78 is 41.8. The molecule has 2 aliphatic rings. The number of nitrogens with zero attached hydrogens (tertiary/aromatic N) is 4. The molecule has 0 radical (unpaired) electrons. The van der Waals surface area contributed by atoms with Crippen LogP contribution in [-0.2, 0) is 6.18 Å². The molecule has 4 heterocycles. The number of alkyl halides is 3. The largest absolute Gasteiger partial charge is 0.417 e. The minimum atomic E-state index is -4.37. The Morgan fingerprint density at radius 2 is 1.89 bits per heavy atom. The van der Waals surface area contributed by atoms with Crippen molar-refractivity contribution in [1.82, 2.24) is 14.9 Å². The van der Waals surface area contributed by atoms with Crippen LogP contribution >= 0.6 is 0 Å². The Labute approximate surface area is 163 Å². The Morgan fingerprint density at radius 1 is 1.11 bits per heavy atom. The second-order valence-corrected chi connectivity index (χ2v) is 7.76. The summed E-state index contributed by atoms with van der Waals surface area (Å²) in [4.78, 5) is 8.78. The van der Waals surface area contributed by atoms with Crippen LogP contribution in [0.25, 0.3) is 5.69 Å². The van der Waals surface area contributed by atoms with Gasteiger partial charge in [-0.25, -0.2) is 4.98 Å². The van der Waals surface area contributed by atoms with Crippen molar-refractivity contribution < 1.29 is 13.2 Å². The molecule has 0 aromatic carbocycles. The van der Waals surface area contributed by atoms with E-state index in [1.165, 1.54) is 12.3 Å². The average Bonchev–Trinajstić information content (AvgIpc) is 3.15. The summed E-state index contributed by atoms with van der Waals surface area (Å²) in [7, 11) is 0. The second-order valence-electron chi connectivity index (χ2n) is 7.76. The zero-order valence-electron chi connectivity index (χ0n) is 16.0. The van der Waals surface area contributed by atoms with Crippen LogP contribution in [0.5, 0.6) is 0 Å². The molecule has 1 unspecified atom stereocenters. The second kappa shape index (κ2) is 7.66. The SMILES string of the molecule is CC1CCCN(c2cc(C(F)(F)F)cn2-c2ccc(N3CCNCC3)nc2)C1. The predicted octanol–water partition coefficient (Wildman–Crippen LogP) is 3.54. The molecular formula is C20H26F3N5. The highest BCUT2D eigenvalue weighted by Gasteiger charge is 2.34. The van der Waals surface area contributed by atoms with Gasteiger partial charge in [0.1, 0.15) is 11.6 Å². The predicted molar refractivity (Wildman–Crippen MR) is 104 cm³/mol. The van der Waals surface area contributed by atoms with Gasteiger partial charge < -0.3 is 19.7 Å². The molecular weight excluding hydrogens is 367 g/mol. The molecule has 28 heavy (non-hydrogen) atoms. The fourth-order valence-electron chi connectivity index (χ4n) is 4.06. The van der Waals surface area contributed by atoms with E-state index in [1.807, 2.05) is 12.1 Å². The van der Waals surface area contributed by atoms with Crippen LogP contribution in [0.4, 0.5) is 24.8 Å². The van der Waals surface area contributed by atoms with Gasteiger partial charge in [0, 0.05) is 45.5 Å². The molecule has 0 saturated carbocycles. The molecule has 1 N–H and O–H groups in total. The van der Waals surface area contributed by atoms with Crippen molar-refractivity contribution in [2.75, 3.05) is 49.1 Å².